The summed E-state index contributed by atoms with van der Waals surface area (Å²) in [5.41, 5.74) is 2.12. The van der Waals surface area contributed by atoms with Crippen molar-refractivity contribution in [3.05, 3.63) is 59.1 Å². The van der Waals surface area contributed by atoms with Crippen LogP contribution < -0.4 is 10.1 Å². The molecular weight excluding hydrogens is 481 g/mol. The van der Waals surface area contributed by atoms with Gasteiger partial charge in [-0.05, 0) is 24.3 Å². The van der Waals surface area contributed by atoms with Crippen LogP contribution in [0.2, 0.25) is 5.02 Å². The van der Waals surface area contributed by atoms with E-state index >= 15 is 0 Å². The molecule has 0 saturated carbocycles. The van der Waals surface area contributed by atoms with Crippen LogP contribution >= 0.6 is 11.6 Å². The van der Waals surface area contributed by atoms with Crippen molar-refractivity contribution >= 4 is 27.4 Å². The largest absolute Gasteiger partial charge is 0.482 e. The third-order valence-corrected chi connectivity index (χ3v) is 7.42. The van der Waals surface area contributed by atoms with Crippen LogP contribution in [0.4, 0.5) is 19.0 Å². The third kappa shape index (κ3) is 4.66. The molecule has 7 nitrogen and oxygen atoms in total. The summed E-state index contributed by atoms with van der Waals surface area (Å²) in [6.45, 7) is -1.46. The molecule has 1 aliphatic heterocycles. The Kier molecular flexibility index (Phi) is 6.06. The van der Waals surface area contributed by atoms with Gasteiger partial charge in [-0.25, -0.2) is 17.4 Å². The van der Waals surface area contributed by atoms with E-state index in [1.807, 2.05) is 0 Å². The molecular formula is C21H20ClF3N4O3S. The number of para-hydroxylation sites is 2. The van der Waals surface area contributed by atoms with Crippen molar-refractivity contribution in [2.75, 3.05) is 26.0 Å². The molecule has 0 amide bonds. The Bertz CT molecular complexity index is 1270. The minimum absolute atomic E-state index is 0.0105. The number of halogens is 4. The summed E-state index contributed by atoms with van der Waals surface area (Å²) >= 11 is 6.03. The summed E-state index contributed by atoms with van der Waals surface area (Å²) in [5.74, 6) is 0.324. The molecule has 1 aliphatic rings. The second-order valence-electron chi connectivity index (χ2n) is 7.63. The molecule has 0 fully saturated rings. The molecule has 1 unspecified atom stereocenters. The maximum absolute atomic E-state index is 12.8. The zero-order chi connectivity index (χ0) is 24.0. The Morgan fingerprint density at radius 1 is 1.18 bits per heavy atom. The van der Waals surface area contributed by atoms with Crippen molar-refractivity contribution < 1.29 is 26.3 Å². The average Bonchev–Trinajstić information content (AvgIpc) is 3.31. The second-order valence-corrected chi connectivity index (χ2v) is 10.4. The number of alkyl halides is 3. The van der Waals surface area contributed by atoms with Crippen molar-refractivity contribution in [2.24, 2.45) is 0 Å². The summed E-state index contributed by atoms with van der Waals surface area (Å²) in [5, 5.41) is 7.04. The SMILES string of the molecule is CN(C)S(=O)(=O)C1Cc2c(nn(-c3ccccc3OCC(F)(F)F)c2-c2ccc(Cl)cc2)N1. The average molecular weight is 501 g/mol. The zero-order valence-electron chi connectivity index (χ0n) is 17.6. The predicted molar refractivity (Wildman–Crippen MR) is 119 cm³/mol. The Morgan fingerprint density at radius 2 is 1.85 bits per heavy atom. The quantitative estimate of drug-likeness (QED) is 0.545. The van der Waals surface area contributed by atoms with Gasteiger partial charge in [-0.15, -0.1) is 5.10 Å². The lowest BCUT2D eigenvalue weighted by Gasteiger charge is -2.19. The van der Waals surface area contributed by atoms with Crippen LogP contribution in [0, 0.1) is 0 Å². The van der Waals surface area contributed by atoms with Gasteiger partial charge in [-0.3, -0.25) is 0 Å². The molecule has 1 atom stereocenters. The number of rotatable bonds is 6. The molecule has 176 valence electrons. The number of benzene rings is 2. The molecule has 0 saturated heterocycles. The van der Waals surface area contributed by atoms with Gasteiger partial charge in [-0.1, -0.05) is 35.9 Å². The van der Waals surface area contributed by atoms with E-state index in [1.165, 1.54) is 24.8 Å². The highest BCUT2D eigenvalue weighted by Crippen LogP contribution is 2.40. The number of anilines is 1. The number of nitrogens with one attached hydrogen (secondary N) is 1. The molecule has 0 bridgehead atoms. The lowest BCUT2D eigenvalue weighted by atomic mass is 10.1. The number of sulfonamides is 1. The van der Waals surface area contributed by atoms with Gasteiger partial charge in [0, 0.05) is 36.7 Å². The van der Waals surface area contributed by atoms with Crippen LogP contribution in [-0.4, -0.2) is 54.8 Å². The van der Waals surface area contributed by atoms with Gasteiger partial charge in [0.15, 0.2) is 12.4 Å². The standard InChI is InChI=1S/C21H20ClF3N4O3S/c1-28(2)33(30,31)18-11-15-19(13-7-9-14(22)10-8-13)29(27-20(15)26-18)16-5-3-4-6-17(16)32-12-21(23,24)25/h3-10,18H,11-12H2,1-2H3,(H,26,27). The lowest BCUT2D eigenvalue weighted by Crippen LogP contribution is -2.37. The highest BCUT2D eigenvalue weighted by molar-refractivity contribution is 7.89. The molecule has 0 aliphatic carbocycles. The van der Waals surface area contributed by atoms with Gasteiger partial charge in [0.25, 0.3) is 0 Å². The number of nitrogens with zero attached hydrogens (tertiary/aromatic N) is 3. The number of hydrogen-bond donors (Lipinski definition) is 1. The second kappa shape index (κ2) is 8.54. The number of hydrogen-bond acceptors (Lipinski definition) is 5. The van der Waals surface area contributed by atoms with Gasteiger partial charge < -0.3 is 10.1 Å². The van der Waals surface area contributed by atoms with Gasteiger partial charge in [0.2, 0.25) is 10.0 Å². The molecule has 0 spiro atoms. The maximum Gasteiger partial charge on any atom is 0.422 e. The summed E-state index contributed by atoms with van der Waals surface area (Å²) in [7, 11) is -0.736. The van der Waals surface area contributed by atoms with Crippen molar-refractivity contribution in [1.29, 1.82) is 0 Å². The molecule has 0 radical (unpaired) electrons. The molecule has 1 aromatic heterocycles. The fourth-order valence-corrected chi connectivity index (χ4v) is 4.85. The van der Waals surface area contributed by atoms with Crippen LogP contribution in [0.5, 0.6) is 5.75 Å². The first-order valence-corrected chi connectivity index (χ1v) is 11.7. The van der Waals surface area contributed by atoms with E-state index in [4.69, 9.17) is 16.3 Å². The molecule has 1 N–H and O–H groups in total. The monoisotopic (exact) mass is 500 g/mol. The van der Waals surface area contributed by atoms with E-state index in [-0.39, 0.29) is 17.9 Å². The minimum atomic E-state index is -4.51. The first-order valence-electron chi connectivity index (χ1n) is 9.82. The number of ether oxygens (including phenoxy) is 1. The van der Waals surface area contributed by atoms with E-state index < -0.39 is 28.2 Å². The van der Waals surface area contributed by atoms with Gasteiger partial charge in [0.05, 0.1) is 5.69 Å². The fraction of sp³-hybridized carbons (Fsp3) is 0.286. The fourth-order valence-electron chi connectivity index (χ4n) is 3.58. The summed E-state index contributed by atoms with van der Waals surface area (Å²) in [4.78, 5) is 0. The topological polar surface area (TPSA) is 76.5 Å². The Hall–Kier alpha value is -2.76. The molecule has 2 aromatic carbocycles. The highest BCUT2D eigenvalue weighted by Gasteiger charge is 2.38. The van der Waals surface area contributed by atoms with Crippen LogP contribution in [0.15, 0.2) is 48.5 Å². The maximum atomic E-state index is 12.8. The molecule has 4 rings (SSSR count). The smallest absolute Gasteiger partial charge is 0.422 e. The summed E-state index contributed by atoms with van der Waals surface area (Å²) in [6, 6.07) is 13.0. The Morgan fingerprint density at radius 3 is 2.48 bits per heavy atom. The van der Waals surface area contributed by atoms with Crippen LogP contribution in [-0.2, 0) is 16.4 Å². The Labute approximate surface area is 193 Å². The van der Waals surface area contributed by atoms with Gasteiger partial charge >= 0.3 is 6.18 Å². The molecule has 3 aromatic rings. The number of fused-ring (bicyclic) bond motifs is 1. The predicted octanol–water partition coefficient (Wildman–Crippen LogP) is 4.32. The molecule has 33 heavy (non-hydrogen) atoms. The normalized spacial score (nSPS) is 16.0. The van der Waals surface area contributed by atoms with E-state index in [0.29, 0.717) is 27.7 Å². The Balaban J connectivity index is 1.83. The van der Waals surface area contributed by atoms with Crippen molar-refractivity contribution in [3.63, 3.8) is 0 Å². The summed E-state index contributed by atoms with van der Waals surface area (Å²) < 4.78 is 71.3. The first kappa shape index (κ1) is 23.4. The molecule has 12 heteroatoms. The number of aromatic nitrogens is 2. The van der Waals surface area contributed by atoms with E-state index in [0.717, 1.165) is 4.31 Å². The zero-order valence-corrected chi connectivity index (χ0v) is 19.2. The van der Waals surface area contributed by atoms with Crippen molar-refractivity contribution in [2.45, 2.75) is 18.0 Å². The summed E-state index contributed by atoms with van der Waals surface area (Å²) in [6.07, 6.45) is -4.38. The van der Waals surface area contributed by atoms with Gasteiger partial charge in [-0.2, -0.15) is 13.2 Å². The van der Waals surface area contributed by atoms with Crippen LogP contribution in [0.25, 0.3) is 16.9 Å². The lowest BCUT2D eigenvalue weighted by molar-refractivity contribution is -0.153. The molecule has 2 heterocycles. The van der Waals surface area contributed by atoms with Crippen LogP contribution in [0.1, 0.15) is 5.56 Å². The third-order valence-electron chi connectivity index (χ3n) is 5.14. The van der Waals surface area contributed by atoms with Crippen molar-refractivity contribution in [1.82, 2.24) is 14.1 Å². The first-order chi connectivity index (χ1) is 15.5. The van der Waals surface area contributed by atoms with E-state index in [9.17, 15) is 21.6 Å². The van der Waals surface area contributed by atoms with E-state index in [1.54, 1.807) is 42.5 Å². The van der Waals surface area contributed by atoms with E-state index in [2.05, 4.69) is 10.4 Å². The van der Waals surface area contributed by atoms with Gasteiger partial charge in [0.1, 0.15) is 16.8 Å². The van der Waals surface area contributed by atoms with Crippen LogP contribution in [0.3, 0.4) is 0 Å². The highest BCUT2D eigenvalue weighted by atomic mass is 35.5. The van der Waals surface area contributed by atoms with Crippen molar-refractivity contribution in [3.8, 4) is 22.7 Å². The minimum Gasteiger partial charge on any atom is -0.482 e.